The summed E-state index contributed by atoms with van der Waals surface area (Å²) in [7, 11) is 0. The van der Waals surface area contributed by atoms with E-state index >= 15 is 0 Å². The van der Waals surface area contributed by atoms with Gasteiger partial charge in [-0.1, -0.05) is 42.5 Å². The molecule has 2 aromatic carbocycles. The van der Waals surface area contributed by atoms with E-state index in [-0.39, 0.29) is 18.5 Å². The molecule has 0 radical (unpaired) electrons. The topological polar surface area (TPSA) is 64.9 Å². The summed E-state index contributed by atoms with van der Waals surface area (Å²) in [5.41, 5.74) is 2.83. The number of hydrogen-bond donors (Lipinski definition) is 2. The number of carbonyl (C=O) groups is 1. The van der Waals surface area contributed by atoms with Gasteiger partial charge < -0.3 is 10.6 Å². The van der Waals surface area contributed by atoms with Crippen molar-refractivity contribution in [2.45, 2.75) is 19.4 Å². The van der Waals surface area contributed by atoms with Crippen LogP contribution in [-0.4, -0.2) is 12.5 Å². The highest BCUT2D eigenvalue weighted by Crippen LogP contribution is 2.12. The molecular weight excluding hydrogens is 274 g/mol. The monoisotopic (exact) mass is 293 g/mol. The second kappa shape index (κ2) is 7.96. The van der Waals surface area contributed by atoms with Crippen LogP contribution in [-0.2, 0) is 11.2 Å². The maximum Gasteiger partial charge on any atom is 0.238 e. The number of carbonyl (C=O) groups excluding carboxylic acids is 1. The van der Waals surface area contributed by atoms with Crippen molar-refractivity contribution in [3.8, 4) is 6.07 Å². The van der Waals surface area contributed by atoms with Crippen molar-refractivity contribution >= 4 is 11.6 Å². The Morgan fingerprint density at radius 3 is 2.45 bits per heavy atom. The van der Waals surface area contributed by atoms with Crippen LogP contribution in [0.3, 0.4) is 0 Å². The SMILES string of the molecule is C[C@H](NCC(=O)Nc1ccc(CC#N)cc1)c1ccccc1. The lowest BCUT2D eigenvalue weighted by Crippen LogP contribution is -2.30. The average molecular weight is 293 g/mol. The maximum absolute atomic E-state index is 11.9. The zero-order valence-electron chi connectivity index (χ0n) is 12.5. The van der Waals surface area contributed by atoms with Crippen LogP contribution in [0.4, 0.5) is 5.69 Å². The van der Waals surface area contributed by atoms with Crippen LogP contribution < -0.4 is 10.6 Å². The van der Waals surface area contributed by atoms with Crippen LogP contribution in [0.15, 0.2) is 54.6 Å². The number of nitrogens with zero attached hydrogens (tertiary/aromatic N) is 1. The Bertz CT molecular complexity index is 644. The molecule has 0 heterocycles. The predicted octanol–water partition coefficient (Wildman–Crippen LogP) is 3.04. The Morgan fingerprint density at radius 1 is 1.14 bits per heavy atom. The van der Waals surface area contributed by atoms with Crippen LogP contribution in [0.1, 0.15) is 24.1 Å². The van der Waals surface area contributed by atoms with E-state index in [1.165, 1.54) is 0 Å². The lowest BCUT2D eigenvalue weighted by atomic mass is 10.1. The maximum atomic E-state index is 11.9. The van der Waals surface area contributed by atoms with Gasteiger partial charge in [0, 0.05) is 11.7 Å². The second-order valence-corrected chi connectivity index (χ2v) is 5.09. The Labute approximate surface area is 130 Å². The second-order valence-electron chi connectivity index (χ2n) is 5.09. The molecular formula is C18H19N3O. The van der Waals surface area contributed by atoms with Crippen molar-refractivity contribution in [1.82, 2.24) is 5.32 Å². The number of rotatable bonds is 6. The number of nitrogens with one attached hydrogen (secondary N) is 2. The smallest absolute Gasteiger partial charge is 0.238 e. The van der Waals surface area contributed by atoms with Crippen LogP contribution >= 0.6 is 0 Å². The van der Waals surface area contributed by atoms with E-state index in [9.17, 15) is 4.79 Å². The van der Waals surface area contributed by atoms with E-state index in [4.69, 9.17) is 5.26 Å². The van der Waals surface area contributed by atoms with Gasteiger partial charge in [0.1, 0.15) is 0 Å². The van der Waals surface area contributed by atoms with Crippen molar-refractivity contribution in [1.29, 1.82) is 5.26 Å². The molecule has 0 fully saturated rings. The highest BCUT2D eigenvalue weighted by molar-refractivity contribution is 5.92. The van der Waals surface area contributed by atoms with Crippen LogP contribution in [0.5, 0.6) is 0 Å². The van der Waals surface area contributed by atoms with E-state index in [1.54, 1.807) is 0 Å². The first-order valence-corrected chi connectivity index (χ1v) is 7.23. The zero-order valence-corrected chi connectivity index (χ0v) is 12.5. The lowest BCUT2D eigenvalue weighted by molar-refractivity contribution is -0.115. The van der Waals surface area contributed by atoms with Crippen molar-refractivity contribution in [2.24, 2.45) is 0 Å². The predicted molar refractivity (Wildman–Crippen MR) is 87.2 cm³/mol. The van der Waals surface area contributed by atoms with Gasteiger partial charge in [-0.3, -0.25) is 4.79 Å². The van der Waals surface area contributed by atoms with E-state index < -0.39 is 0 Å². The molecule has 2 N–H and O–H groups in total. The van der Waals surface area contributed by atoms with Gasteiger partial charge >= 0.3 is 0 Å². The van der Waals surface area contributed by atoms with Crippen molar-refractivity contribution in [3.05, 3.63) is 65.7 Å². The van der Waals surface area contributed by atoms with Crippen LogP contribution in [0, 0.1) is 11.3 Å². The molecule has 2 rings (SSSR count). The standard InChI is InChI=1S/C18H19N3O/c1-14(16-5-3-2-4-6-16)20-13-18(22)21-17-9-7-15(8-10-17)11-12-19/h2-10,14,20H,11,13H2,1H3,(H,21,22)/t14-/m0/s1. The molecule has 1 atom stereocenters. The first-order chi connectivity index (χ1) is 10.7. The summed E-state index contributed by atoms with van der Waals surface area (Å²) >= 11 is 0. The third-order valence-corrected chi connectivity index (χ3v) is 3.39. The molecule has 112 valence electrons. The van der Waals surface area contributed by atoms with Crippen molar-refractivity contribution in [2.75, 3.05) is 11.9 Å². The van der Waals surface area contributed by atoms with Gasteiger partial charge in [-0.15, -0.1) is 0 Å². The number of anilines is 1. The Kier molecular flexibility index (Phi) is 5.70. The van der Waals surface area contributed by atoms with Crippen LogP contribution in [0.2, 0.25) is 0 Å². The Balaban J connectivity index is 1.81. The molecule has 0 aliphatic carbocycles. The molecule has 4 nitrogen and oxygen atoms in total. The van der Waals surface area contributed by atoms with Crippen molar-refractivity contribution < 1.29 is 4.79 Å². The van der Waals surface area contributed by atoms with Gasteiger partial charge in [-0.05, 0) is 30.2 Å². The van der Waals surface area contributed by atoms with Gasteiger partial charge in [-0.2, -0.15) is 5.26 Å². The zero-order chi connectivity index (χ0) is 15.8. The average Bonchev–Trinajstić information content (AvgIpc) is 2.55. The molecule has 0 aliphatic rings. The molecule has 0 aliphatic heterocycles. The van der Waals surface area contributed by atoms with E-state index in [0.29, 0.717) is 6.42 Å². The first kappa shape index (κ1) is 15.7. The molecule has 0 saturated carbocycles. The molecule has 0 spiro atoms. The first-order valence-electron chi connectivity index (χ1n) is 7.23. The fraction of sp³-hybridized carbons (Fsp3) is 0.222. The fourth-order valence-electron chi connectivity index (χ4n) is 2.11. The van der Waals surface area contributed by atoms with Gasteiger partial charge in [-0.25, -0.2) is 0 Å². The molecule has 0 bridgehead atoms. The third kappa shape index (κ3) is 4.72. The summed E-state index contributed by atoms with van der Waals surface area (Å²) in [5.74, 6) is -0.0872. The number of nitriles is 1. The summed E-state index contributed by atoms with van der Waals surface area (Å²) in [5, 5.41) is 14.7. The Hall–Kier alpha value is -2.64. The van der Waals surface area contributed by atoms with Crippen molar-refractivity contribution in [3.63, 3.8) is 0 Å². The Morgan fingerprint density at radius 2 is 1.82 bits per heavy atom. The van der Waals surface area contributed by atoms with Crippen LogP contribution in [0.25, 0.3) is 0 Å². The van der Waals surface area contributed by atoms with E-state index in [1.807, 2.05) is 61.5 Å². The number of hydrogen-bond acceptors (Lipinski definition) is 3. The highest BCUT2D eigenvalue weighted by atomic mass is 16.1. The summed E-state index contributed by atoms with van der Waals surface area (Å²) in [6.45, 7) is 2.27. The molecule has 4 heteroatoms. The number of amides is 1. The molecule has 22 heavy (non-hydrogen) atoms. The van der Waals surface area contributed by atoms with E-state index in [0.717, 1.165) is 16.8 Å². The third-order valence-electron chi connectivity index (χ3n) is 3.39. The summed E-state index contributed by atoms with van der Waals surface area (Å²) in [4.78, 5) is 11.9. The molecule has 0 aromatic heterocycles. The normalized spacial score (nSPS) is 11.5. The lowest BCUT2D eigenvalue weighted by Gasteiger charge is -2.14. The number of benzene rings is 2. The quantitative estimate of drug-likeness (QED) is 0.860. The summed E-state index contributed by atoms with van der Waals surface area (Å²) in [6.07, 6.45) is 0.379. The summed E-state index contributed by atoms with van der Waals surface area (Å²) in [6, 6.07) is 19.5. The molecule has 1 amide bonds. The highest BCUT2D eigenvalue weighted by Gasteiger charge is 2.07. The minimum Gasteiger partial charge on any atom is -0.325 e. The molecule has 2 aromatic rings. The van der Waals surface area contributed by atoms with E-state index in [2.05, 4.69) is 16.7 Å². The minimum atomic E-state index is -0.0872. The van der Waals surface area contributed by atoms with Gasteiger partial charge in [0.15, 0.2) is 0 Å². The largest absolute Gasteiger partial charge is 0.325 e. The molecule has 0 unspecified atom stereocenters. The minimum absolute atomic E-state index is 0.0872. The van der Waals surface area contributed by atoms with Gasteiger partial charge in [0.2, 0.25) is 5.91 Å². The summed E-state index contributed by atoms with van der Waals surface area (Å²) < 4.78 is 0. The molecule has 0 saturated heterocycles. The van der Waals surface area contributed by atoms with Gasteiger partial charge in [0.25, 0.3) is 0 Å². The fourth-order valence-corrected chi connectivity index (χ4v) is 2.11. The van der Waals surface area contributed by atoms with Gasteiger partial charge in [0.05, 0.1) is 19.0 Å².